The lowest BCUT2D eigenvalue weighted by molar-refractivity contribution is 0.611. The lowest BCUT2D eigenvalue weighted by Crippen LogP contribution is -1.75. The van der Waals surface area contributed by atoms with Crippen molar-refractivity contribution in [3.8, 4) is 0 Å². The number of halogens is 2. The Labute approximate surface area is 66.1 Å². The Bertz CT molecular complexity index is 392. The van der Waals surface area contributed by atoms with Crippen LogP contribution >= 0.6 is 11.3 Å². The Morgan fingerprint density at radius 3 is 2.64 bits per heavy atom. The third-order valence-corrected chi connectivity index (χ3v) is 2.42. The Kier molecular flexibility index (Phi) is 1.39. The molecule has 1 aromatic heterocycles. The van der Waals surface area contributed by atoms with Crippen LogP contribution in [-0.4, -0.2) is 0 Å². The van der Waals surface area contributed by atoms with Crippen molar-refractivity contribution < 1.29 is 8.78 Å². The molecule has 2 aromatic rings. The van der Waals surface area contributed by atoms with Crippen molar-refractivity contribution in [1.29, 1.82) is 0 Å². The van der Waals surface area contributed by atoms with Crippen LogP contribution in [0.1, 0.15) is 0 Å². The number of thiophene rings is 1. The van der Waals surface area contributed by atoms with Gasteiger partial charge in [-0.15, -0.1) is 11.3 Å². The van der Waals surface area contributed by atoms with Crippen LogP contribution in [0.5, 0.6) is 0 Å². The van der Waals surface area contributed by atoms with E-state index in [4.69, 9.17) is 0 Å². The lowest BCUT2D eigenvalue weighted by atomic mass is 10.2. The number of hydrogen-bond acceptors (Lipinski definition) is 1. The van der Waals surface area contributed by atoms with Gasteiger partial charge in [0.2, 0.25) is 0 Å². The predicted molar refractivity (Wildman–Crippen MR) is 41.7 cm³/mol. The Hall–Kier alpha value is -0.960. The maximum Gasteiger partial charge on any atom is 0.144 e. The molecule has 56 valence electrons. The third-order valence-electron chi connectivity index (χ3n) is 1.50. The lowest BCUT2D eigenvalue weighted by Gasteiger charge is -1.89. The highest BCUT2D eigenvalue weighted by atomic mass is 32.1. The summed E-state index contributed by atoms with van der Waals surface area (Å²) in [4.78, 5) is 0. The zero-order valence-corrected chi connectivity index (χ0v) is 6.29. The molecule has 0 fully saturated rings. The molecule has 0 aliphatic heterocycles. The van der Waals surface area contributed by atoms with Gasteiger partial charge in [0.15, 0.2) is 0 Å². The zero-order chi connectivity index (χ0) is 7.84. The Balaban J connectivity index is 2.96. The second-order valence-corrected chi connectivity index (χ2v) is 3.11. The van der Waals surface area contributed by atoms with Gasteiger partial charge in [0.25, 0.3) is 0 Å². The summed E-state index contributed by atoms with van der Waals surface area (Å²) >= 11 is 1.21. The molecule has 0 amide bonds. The summed E-state index contributed by atoms with van der Waals surface area (Å²) in [6.45, 7) is 0. The molecule has 0 radical (unpaired) electrons. The van der Waals surface area contributed by atoms with Gasteiger partial charge in [0.1, 0.15) is 11.6 Å². The molecular formula is C8H4F2S. The van der Waals surface area contributed by atoms with Crippen LogP contribution in [0.2, 0.25) is 0 Å². The molecule has 0 nitrogen and oxygen atoms in total. The van der Waals surface area contributed by atoms with E-state index in [1.807, 2.05) is 0 Å². The van der Waals surface area contributed by atoms with Crippen molar-refractivity contribution in [1.82, 2.24) is 0 Å². The molecule has 0 saturated carbocycles. The minimum Gasteiger partial charge on any atom is -0.206 e. The molecule has 0 spiro atoms. The van der Waals surface area contributed by atoms with Crippen LogP contribution in [0.15, 0.2) is 23.6 Å². The SMILES string of the molecule is Fc1cccc2scc(F)c12. The molecule has 0 N–H and O–H groups in total. The summed E-state index contributed by atoms with van der Waals surface area (Å²) < 4.78 is 26.3. The van der Waals surface area contributed by atoms with Crippen LogP contribution in [0, 0.1) is 11.6 Å². The Morgan fingerprint density at radius 2 is 1.91 bits per heavy atom. The first-order chi connectivity index (χ1) is 5.29. The van der Waals surface area contributed by atoms with Gasteiger partial charge >= 0.3 is 0 Å². The number of benzene rings is 1. The van der Waals surface area contributed by atoms with E-state index in [-0.39, 0.29) is 5.39 Å². The molecule has 0 aliphatic carbocycles. The highest BCUT2D eigenvalue weighted by Crippen LogP contribution is 2.26. The molecule has 0 atom stereocenters. The molecule has 3 heteroatoms. The minimum atomic E-state index is -0.485. The van der Waals surface area contributed by atoms with E-state index in [0.717, 1.165) is 0 Å². The first kappa shape index (κ1) is 6.73. The number of fused-ring (bicyclic) bond motifs is 1. The summed E-state index contributed by atoms with van der Waals surface area (Å²) in [7, 11) is 0. The van der Waals surface area contributed by atoms with Crippen molar-refractivity contribution >= 4 is 21.4 Å². The highest BCUT2D eigenvalue weighted by molar-refractivity contribution is 7.17. The van der Waals surface area contributed by atoms with Crippen molar-refractivity contribution in [3.05, 3.63) is 35.2 Å². The fourth-order valence-corrected chi connectivity index (χ4v) is 1.83. The quantitative estimate of drug-likeness (QED) is 0.569. The van der Waals surface area contributed by atoms with Gasteiger partial charge in [-0.05, 0) is 12.1 Å². The maximum atomic E-state index is 12.8. The smallest absolute Gasteiger partial charge is 0.144 e. The normalized spacial score (nSPS) is 10.7. The average molecular weight is 170 g/mol. The molecule has 1 heterocycles. The van der Waals surface area contributed by atoms with Gasteiger partial charge in [-0.2, -0.15) is 0 Å². The molecule has 0 unspecified atom stereocenters. The van der Waals surface area contributed by atoms with Crippen LogP contribution < -0.4 is 0 Å². The summed E-state index contributed by atoms with van der Waals surface area (Å²) in [6.07, 6.45) is 0. The minimum absolute atomic E-state index is 0.109. The maximum absolute atomic E-state index is 12.8. The van der Waals surface area contributed by atoms with E-state index >= 15 is 0 Å². The van der Waals surface area contributed by atoms with E-state index in [1.165, 1.54) is 22.8 Å². The van der Waals surface area contributed by atoms with Gasteiger partial charge in [-0.25, -0.2) is 8.78 Å². The van der Waals surface area contributed by atoms with Crippen LogP contribution in [0.3, 0.4) is 0 Å². The molecule has 0 bridgehead atoms. The van der Waals surface area contributed by atoms with E-state index in [0.29, 0.717) is 4.70 Å². The summed E-state index contributed by atoms with van der Waals surface area (Å²) in [5.74, 6) is -0.954. The summed E-state index contributed by atoms with van der Waals surface area (Å²) in [5, 5.41) is 1.42. The van der Waals surface area contributed by atoms with Crippen molar-refractivity contribution in [2.24, 2.45) is 0 Å². The predicted octanol–water partition coefficient (Wildman–Crippen LogP) is 3.18. The van der Waals surface area contributed by atoms with Crippen LogP contribution in [0.4, 0.5) is 8.78 Å². The topological polar surface area (TPSA) is 0 Å². The van der Waals surface area contributed by atoms with Crippen LogP contribution in [-0.2, 0) is 0 Å². The van der Waals surface area contributed by atoms with E-state index in [2.05, 4.69) is 0 Å². The van der Waals surface area contributed by atoms with E-state index in [9.17, 15) is 8.78 Å². The van der Waals surface area contributed by atoms with Gasteiger partial charge in [0.05, 0.1) is 5.39 Å². The van der Waals surface area contributed by atoms with Gasteiger partial charge in [-0.3, -0.25) is 0 Å². The second kappa shape index (κ2) is 2.27. The van der Waals surface area contributed by atoms with E-state index < -0.39 is 11.6 Å². The van der Waals surface area contributed by atoms with Crippen molar-refractivity contribution in [3.63, 3.8) is 0 Å². The van der Waals surface area contributed by atoms with Crippen LogP contribution in [0.25, 0.3) is 10.1 Å². The molecule has 11 heavy (non-hydrogen) atoms. The average Bonchev–Trinajstić information content (AvgIpc) is 2.34. The fourth-order valence-electron chi connectivity index (χ4n) is 1.01. The van der Waals surface area contributed by atoms with Gasteiger partial charge < -0.3 is 0 Å². The summed E-state index contributed by atoms with van der Waals surface area (Å²) in [5.41, 5.74) is 0. The van der Waals surface area contributed by atoms with Crippen molar-refractivity contribution in [2.45, 2.75) is 0 Å². The second-order valence-electron chi connectivity index (χ2n) is 2.20. The Morgan fingerprint density at radius 1 is 1.09 bits per heavy atom. The molecule has 2 rings (SSSR count). The molecule has 0 aliphatic rings. The first-order valence-corrected chi connectivity index (χ1v) is 3.98. The zero-order valence-electron chi connectivity index (χ0n) is 5.47. The summed E-state index contributed by atoms with van der Waals surface area (Å²) in [6, 6.07) is 4.54. The van der Waals surface area contributed by atoms with E-state index in [1.54, 1.807) is 12.1 Å². The largest absolute Gasteiger partial charge is 0.206 e. The number of hydrogen-bond donors (Lipinski definition) is 0. The first-order valence-electron chi connectivity index (χ1n) is 3.10. The highest BCUT2D eigenvalue weighted by Gasteiger charge is 2.06. The van der Waals surface area contributed by atoms with Gasteiger partial charge in [0, 0.05) is 10.1 Å². The van der Waals surface area contributed by atoms with Gasteiger partial charge in [-0.1, -0.05) is 6.07 Å². The molecule has 0 saturated heterocycles. The monoisotopic (exact) mass is 170 g/mol. The number of rotatable bonds is 0. The standard InChI is InChI=1S/C8H4F2S/c9-5-2-1-3-7-8(5)6(10)4-11-7/h1-4H. The molecule has 1 aromatic carbocycles. The molecular weight excluding hydrogens is 166 g/mol. The fraction of sp³-hybridized carbons (Fsp3) is 0. The van der Waals surface area contributed by atoms with Crippen molar-refractivity contribution in [2.75, 3.05) is 0 Å². The third kappa shape index (κ3) is 0.922.